The highest BCUT2D eigenvalue weighted by Gasteiger charge is 2.17. The van der Waals surface area contributed by atoms with Gasteiger partial charge < -0.3 is 9.30 Å². The molecule has 24 heavy (non-hydrogen) atoms. The standard InChI is InChI=1S/C18H23NO4S/c1-12(2)19-13(3)10-17(14(19)4)18(20)11-23-15-6-8-16(9-7-15)24(5,21)22/h6-10,12H,11H2,1-5H3. The molecule has 0 amide bonds. The molecule has 0 aliphatic heterocycles. The van der Waals surface area contributed by atoms with E-state index in [1.165, 1.54) is 12.1 Å². The highest BCUT2D eigenvalue weighted by molar-refractivity contribution is 7.90. The Balaban J connectivity index is 2.10. The van der Waals surface area contributed by atoms with Crippen LogP contribution in [0.1, 0.15) is 41.6 Å². The number of nitrogens with zero attached hydrogens (tertiary/aromatic N) is 1. The zero-order valence-corrected chi connectivity index (χ0v) is 15.5. The van der Waals surface area contributed by atoms with Crippen molar-refractivity contribution in [3.8, 4) is 5.75 Å². The van der Waals surface area contributed by atoms with Gasteiger partial charge >= 0.3 is 0 Å². The van der Waals surface area contributed by atoms with E-state index in [1.54, 1.807) is 12.1 Å². The van der Waals surface area contributed by atoms with Crippen molar-refractivity contribution in [1.82, 2.24) is 4.57 Å². The van der Waals surface area contributed by atoms with E-state index in [-0.39, 0.29) is 23.3 Å². The lowest BCUT2D eigenvalue weighted by molar-refractivity contribution is 0.0920. The Bertz CT molecular complexity index is 846. The maximum Gasteiger partial charge on any atom is 0.202 e. The van der Waals surface area contributed by atoms with Crippen LogP contribution in [0.5, 0.6) is 5.75 Å². The Morgan fingerprint density at radius 2 is 1.75 bits per heavy atom. The first kappa shape index (κ1) is 18.3. The third kappa shape index (κ3) is 3.87. The molecular weight excluding hydrogens is 326 g/mol. The summed E-state index contributed by atoms with van der Waals surface area (Å²) in [6.07, 6.45) is 1.15. The van der Waals surface area contributed by atoms with E-state index >= 15 is 0 Å². The van der Waals surface area contributed by atoms with Crippen molar-refractivity contribution < 1.29 is 17.9 Å². The molecule has 0 aliphatic rings. The summed E-state index contributed by atoms with van der Waals surface area (Å²) in [5.41, 5.74) is 2.64. The number of rotatable bonds is 6. The summed E-state index contributed by atoms with van der Waals surface area (Å²) in [6, 6.07) is 8.23. The molecule has 5 nitrogen and oxygen atoms in total. The van der Waals surface area contributed by atoms with Crippen LogP contribution in [0.15, 0.2) is 35.2 Å². The summed E-state index contributed by atoms with van der Waals surface area (Å²) >= 11 is 0. The second-order valence-electron chi connectivity index (χ2n) is 6.20. The highest BCUT2D eigenvalue weighted by atomic mass is 32.2. The number of ether oxygens (including phenoxy) is 1. The van der Waals surface area contributed by atoms with Gasteiger partial charge in [-0.15, -0.1) is 0 Å². The second-order valence-corrected chi connectivity index (χ2v) is 8.22. The Morgan fingerprint density at radius 3 is 2.21 bits per heavy atom. The van der Waals surface area contributed by atoms with Gasteiger partial charge in [0.2, 0.25) is 5.78 Å². The minimum atomic E-state index is -3.23. The molecular formula is C18H23NO4S. The predicted octanol–water partition coefficient (Wildman–Crippen LogP) is 3.35. The normalized spacial score (nSPS) is 11.8. The zero-order chi connectivity index (χ0) is 18.1. The molecule has 0 fully saturated rings. The fourth-order valence-corrected chi connectivity index (χ4v) is 3.49. The first-order valence-electron chi connectivity index (χ1n) is 7.76. The van der Waals surface area contributed by atoms with Gasteiger partial charge in [-0.3, -0.25) is 4.79 Å². The lowest BCUT2D eigenvalue weighted by Crippen LogP contribution is -2.13. The van der Waals surface area contributed by atoms with Crippen molar-refractivity contribution in [1.29, 1.82) is 0 Å². The zero-order valence-electron chi connectivity index (χ0n) is 14.7. The molecule has 2 aromatic rings. The van der Waals surface area contributed by atoms with Gasteiger partial charge in [-0.25, -0.2) is 8.42 Å². The predicted molar refractivity (Wildman–Crippen MR) is 93.7 cm³/mol. The first-order chi connectivity index (χ1) is 11.1. The SMILES string of the molecule is Cc1cc(C(=O)COc2ccc(S(C)(=O)=O)cc2)c(C)n1C(C)C. The number of benzene rings is 1. The van der Waals surface area contributed by atoms with Gasteiger partial charge in [0.25, 0.3) is 0 Å². The quantitative estimate of drug-likeness (QED) is 0.750. The number of hydrogen-bond donors (Lipinski definition) is 0. The number of aromatic nitrogens is 1. The minimum absolute atomic E-state index is 0.0827. The monoisotopic (exact) mass is 349 g/mol. The lowest BCUT2D eigenvalue weighted by atomic mass is 10.1. The van der Waals surface area contributed by atoms with Gasteiger partial charge in [-0.2, -0.15) is 0 Å². The Morgan fingerprint density at radius 1 is 1.17 bits per heavy atom. The van der Waals surface area contributed by atoms with E-state index in [0.717, 1.165) is 17.6 Å². The van der Waals surface area contributed by atoms with Crippen molar-refractivity contribution in [3.63, 3.8) is 0 Å². The van der Waals surface area contributed by atoms with Crippen molar-refractivity contribution in [3.05, 3.63) is 47.3 Å². The van der Waals surface area contributed by atoms with Crippen molar-refractivity contribution in [2.75, 3.05) is 12.9 Å². The molecule has 0 N–H and O–H groups in total. The molecule has 6 heteroatoms. The van der Waals surface area contributed by atoms with Gasteiger partial charge in [0.15, 0.2) is 16.4 Å². The minimum Gasteiger partial charge on any atom is -0.485 e. The summed E-state index contributed by atoms with van der Waals surface area (Å²) in [4.78, 5) is 12.6. The second kappa shape index (κ2) is 6.81. The van der Waals surface area contributed by atoms with Crippen molar-refractivity contribution in [2.24, 2.45) is 0 Å². The fourth-order valence-electron chi connectivity index (χ4n) is 2.86. The number of ketones is 1. The van der Waals surface area contributed by atoms with Crippen LogP contribution in [0, 0.1) is 13.8 Å². The molecule has 1 heterocycles. The third-order valence-electron chi connectivity index (χ3n) is 3.92. The maximum atomic E-state index is 12.4. The van der Waals surface area contributed by atoms with Crippen LogP contribution < -0.4 is 4.74 Å². The van der Waals surface area contributed by atoms with Crippen LogP contribution in [0.25, 0.3) is 0 Å². The molecule has 1 aromatic heterocycles. The molecule has 0 radical (unpaired) electrons. The van der Waals surface area contributed by atoms with Crippen LogP contribution in [0.4, 0.5) is 0 Å². The summed E-state index contributed by atoms with van der Waals surface area (Å²) in [6.45, 7) is 7.98. The van der Waals surface area contributed by atoms with Gasteiger partial charge in [0, 0.05) is 29.2 Å². The van der Waals surface area contributed by atoms with E-state index in [2.05, 4.69) is 18.4 Å². The number of carbonyl (C=O) groups excluding carboxylic acids is 1. The van der Waals surface area contributed by atoms with Crippen LogP contribution >= 0.6 is 0 Å². The Hall–Kier alpha value is -2.08. The number of hydrogen-bond acceptors (Lipinski definition) is 4. The number of Topliss-reactive ketones (excluding diaryl/α,β-unsaturated/α-hetero) is 1. The molecule has 130 valence electrons. The first-order valence-corrected chi connectivity index (χ1v) is 9.65. The summed E-state index contributed by atoms with van der Waals surface area (Å²) in [5.74, 6) is 0.371. The van der Waals surface area contributed by atoms with Crippen molar-refractivity contribution in [2.45, 2.75) is 38.6 Å². The van der Waals surface area contributed by atoms with Crippen LogP contribution in [-0.2, 0) is 9.84 Å². The van der Waals surface area contributed by atoms with Crippen LogP contribution in [0.3, 0.4) is 0 Å². The fraction of sp³-hybridized carbons (Fsp3) is 0.389. The Kier molecular flexibility index (Phi) is 5.18. The lowest BCUT2D eigenvalue weighted by Gasteiger charge is -2.13. The van der Waals surface area contributed by atoms with Crippen LogP contribution in [-0.4, -0.2) is 31.6 Å². The van der Waals surface area contributed by atoms with Gasteiger partial charge in [-0.05, 0) is 58.0 Å². The topological polar surface area (TPSA) is 65.4 Å². The average molecular weight is 349 g/mol. The highest BCUT2D eigenvalue weighted by Crippen LogP contribution is 2.21. The van der Waals surface area contributed by atoms with Crippen LogP contribution in [0.2, 0.25) is 0 Å². The van der Waals surface area contributed by atoms with Crippen molar-refractivity contribution >= 4 is 15.6 Å². The largest absolute Gasteiger partial charge is 0.485 e. The molecule has 0 aliphatic carbocycles. The molecule has 1 aromatic carbocycles. The summed E-state index contributed by atoms with van der Waals surface area (Å²) in [5, 5.41) is 0. The van der Waals surface area contributed by atoms with Gasteiger partial charge in [0.1, 0.15) is 5.75 Å². The maximum absolute atomic E-state index is 12.4. The number of carbonyl (C=O) groups is 1. The average Bonchev–Trinajstić information content (AvgIpc) is 2.79. The number of sulfone groups is 1. The molecule has 0 saturated heterocycles. The van der Waals surface area contributed by atoms with E-state index in [0.29, 0.717) is 11.3 Å². The smallest absolute Gasteiger partial charge is 0.202 e. The third-order valence-corrected chi connectivity index (χ3v) is 5.05. The van der Waals surface area contributed by atoms with E-state index in [4.69, 9.17) is 4.74 Å². The molecule has 0 spiro atoms. The molecule has 0 saturated carbocycles. The summed E-state index contributed by atoms with van der Waals surface area (Å²) < 4.78 is 30.5. The molecule has 2 rings (SSSR count). The van der Waals surface area contributed by atoms with Gasteiger partial charge in [-0.1, -0.05) is 0 Å². The number of aryl methyl sites for hydroxylation is 1. The van der Waals surface area contributed by atoms with E-state index < -0.39 is 9.84 Å². The molecule has 0 unspecified atom stereocenters. The van der Waals surface area contributed by atoms with E-state index in [1.807, 2.05) is 19.9 Å². The van der Waals surface area contributed by atoms with E-state index in [9.17, 15) is 13.2 Å². The molecule has 0 atom stereocenters. The summed E-state index contributed by atoms with van der Waals surface area (Å²) in [7, 11) is -3.23. The van der Waals surface area contributed by atoms with Gasteiger partial charge in [0.05, 0.1) is 4.90 Å². The Labute approximate surface area is 143 Å². The molecule has 0 bridgehead atoms.